The topological polar surface area (TPSA) is 32.5 Å². The molecule has 0 radical (unpaired) electrons. The molecule has 1 aliphatic rings. The van der Waals surface area contributed by atoms with Crippen molar-refractivity contribution in [3.8, 4) is 0 Å². The molecular formula is C5H13IN3-. The zero-order chi connectivity index (χ0) is 6.69. The monoisotopic (exact) mass is 242 g/mol. The van der Waals surface area contributed by atoms with Crippen LogP contribution in [0.1, 0.15) is 0 Å². The molecule has 1 heterocycles. The molecule has 0 bridgehead atoms. The van der Waals surface area contributed by atoms with Crippen molar-refractivity contribution in [1.29, 1.82) is 0 Å². The van der Waals surface area contributed by atoms with E-state index in [0.29, 0.717) is 21.5 Å². The van der Waals surface area contributed by atoms with E-state index in [2.05, 4.69) is 8.04 Å². The van der Waals surface area contributed by atoms with E-state index in [0.717, 1.165) is 13.1 Å². The number of halogens is 1. The first-order chi connectivity index (χ1) is 4.33. The number of nitrogens with two attached hydrogens (primary N) is 1. The van der Waals surface area contributed by atoms with Crippen molar-refractivity contribution < 1.29 is 21.5 Å². The summed E-state index contributed by atoms with van der Waals surface area (Å²) in [6, 6.07) is 0. The van der Waals surface area contributed by atoms with Crippen LogP contribution < -0.4 is 27.3 Å². The molecule has 1 aliphatic heterocycles. The third-order valence-electron chi connectivity index (χ3n) is 1.50. The Hall–Kier alpha value is 0.610. The molecule has 0 aromatic rings. The number of nitrogens with zero attached hydrogens (tertiary/aromatic N) is 2. The van der Waals surface area contributed by atoms with Gasteiger partial charge in [-0.25, -0.2) is 0 Å². The van der Waals surface area contributed by atoms with Crippen LogP contribution in [-0.2, 0) is 0 Å². The van der Waals surface area contributed by atoms with Crippen LogP contribution in [0, 0.1) is 0 Å². The van der Waals surface area contributed by atoms with Gasteiger partial charge in [-0.15, -0.1) is 0 Å². The van der Waals surface area contributed by atoms with Gasteiger partial charge in [0.15, 0.2) is 0 Å². The maximum atomic E-state index is 5.57. The minimum atomic E-state index is 0.318. The summed E-state index contributed by atoms with van der Waals surface area (Å²) in [6.45, 7) is 4.46. The molecule has 0 saturated carbocycles. The predicted molar refractivity (Wildman–Crippen MR) is 33.3 cm³/mol. The standard InChI is InChI=1S/C5H13IN3/c1-6-8-2-4-9(7)5-3-8/h2-5,7H2,1H3/q-1. The second kappa shape index (κ2) is 3.70. The molecule has 56 valence electrons. The Morgan fingerprint density at radius 3 is 2.22 bits per heavy atom. The molecule has 9 heavy (non-hydrogen) atoms. The zero-order valence-electron chi connectivity index (χ0n) is 5.68. The first kappa shape index (κ1) is 7.71. The van der Waals surface area contributed by atoms with E-state index in [9.17, 15) is 0 Å². The summed E-state index contributed by atoms with van der Waals surface area (Å²) in [5.74, 6) is 5.57. The number of alkyl halides is 1. The van der Waals surface area contributed by atoms with Crippen LogP contribution in [0.3, 0.4) is 0 Å². The van der Waals surface area contributed by atoms with E-state index in [1.165, 1.54) is 13.1 Å². The fourth-order valence-corrected chi connectivity index (χ4v) is 2.26. The molecule has 4 heteroatoms. The van der Waals surface area contributed by atoms with Crippen LogP contribution in [-0.4, -0.2) is 39.2 Å². The van der Waals surface area contributed by atoms with Crippen molar-refractivity contribution >= 4 is 0 Å². The summed E-state index contributed by atoms with van der Waals surface area (Å²) in [5, 5.41) is 1.90. The van der Waals surface area contributed by atoms with Crippen molar-refractivity contribution in [2.45, 2.75) is 0 Å². The second-order valence-corrected chi connectivity index (χ2v) is 4.44. The van der Waals surface area contributed by atoms with Gasteiger partial charge in [0.25, 0.3) is 0 Å². The first-order valence-electron chi connectivity index (χ1n) is 3.07. The van der Waals surface area contributed by atoms with Gasteiger partial charge >= 0.3 is 66.6 Å². The van der Waals surface area contributed by atoms with Gasteiger partial charge in [0.1, 0.15) is 0 Å². The predicted octanol–water partition coefficient (Wildman–Crippen LogP) is -3.89. The summed E-state index contributed by atoms with van der Waals surface area (Å²) < 4.78 is 2.52. The van der Waals surface area contributed by atoms with E-state index >= 15 is 0 Å². The summed E-state index contributed by atoms with van der Waals surface area (Å²) in [7, 11) is 0. The third-order valence-corrected chi connectivity index (χ3v) is 3.83. The molecule has 1 saturated heterocycles. The van der Waals surface area contributed by atoms with Gasteiger partial charge < -0.3 is 0 Å². The molecule has 0 aliphatic carbocycles. The zero-order valence-corrected chi connectivity index (χ0v) is 7.84. The number of piperazine rings is 1. The van der Waals surface area contributed by atoms with Crippen LogP contribution >= 0.6 is 0 Å². The average molecular weight is 242 g/mol. The molecule has 0 spiro atoms. The molecule has 1 rings (SSSR count). The fourth-order valence-electron chi connectivity index (χ4n) is 0.867. The SMILES string of the molecule is C[I-]N1CCN(N)CC1. The molecule has 2 N–H and O–H groups in total. The van der Waals surface area contributed by atoms with Crippen LogP contribution in [0.4, 0.5) is 0 Å². The van der Waals surface area contributed by atoms with E-state index < -0.39 is 0 Å². The summed E-state index contributed by atoms with van der Waals surface area (Å²) in [4.78, 5) is 2.30. The van der Waals surface area contributed by atoms with E-state index in [1.807, 2.05) is 5.01 Å². The van der Waals surface area contributed by atoms with Gasteiger partial charge in [-0.3, -0.25) is 0 Å². The van der Waals surface area contributed by atoms with Gasteiger partial charge in [-0.05, 0) is 0 Å². The van der Waals surface area contributed by atoms with Crippen LogP contribution in [0.15, 0.2) is 0 Å². The van der Waals surface area contributed by atoms with Gasteiger partial charge in [-0.2, -0.15) is 0 Å². The molecule has 0 aromatic heterocycles. The van der Waals surface area contributed by atoms with Crippen LogP contribution in [0.5, 0.6) is 0 Å². The van der Waals surface area contributed by atoms with Gasteiger partial charge in [-0.1, -0.05) is 0 Å². The van der Waals surface area contributed by atoms with Gasteiger partial charge in [0.05, 0.1) is 0 Å². The quantitative estimate of drug-likeness (QED) is 0.221. The third kappa shape index (κ3) is 2.37. The number of hydrogen-bond acceptors (Lipinski definition) is 3. The van der Waals surface area contributed by atoms with Crippen molar-refractivity contribution in [2.75, 3.05) is 31.1 Å². The van der Waals surface area contributed by atoms with Gasteiger partial charge in [0, 0.05) is 0 Å². The molecule has 0 amide bonds. The van der Waals surface area contributed by atoms with Crippen LogP contribution in [0.25, 0.3) is 0 Å². The second-order valence-electron chi connectivity index (χ2n) is 2.11. The van der Waals surface area contributed by atoms with E-state index in [4.69, 9.17) is 5.84 Å². The number of hydrogen-bond donors (Lipinski definition) is 1. The molecule has 1 fully saturated rings. The van der Waals surface area contributed by atoms with E-state index in [1.54, 1.807) is 0 Å². The van der Waals surface area contributed by atoms with Gasteiger partial charge in [0.2, 0.25) is 0 Å². The maximum absolute atomic E-state index is 5.57. The Morgan fingerprint density at radius 1 is 1.22 bits per heavy atom. The van der Waals surface area contributed by atoms with Crippen molar-refractivity contribution in [3.05, 3.63) is 0 Å². The molecule has 0 atom stereocenters. The molecular weight excluding hydrogens is 229 g/mol. The minimum absolute atomic E-state index is 0.318. The van der Waals surface area contributed by atoms with Crippen molar-refractivity contribution in [2.24, 2.45) is 5.84 Å². The normalized spacial score (nSPS) is 25.1. The number of hydrazine groups is 1. The molecule has 3 nitrogen and oxygen atoms in total. The first-order valence-corrected chi connectivity index (χ1v) is 6.19. The Morgan fingerprint density at radius 2 is 1.78 bits per heavy atom. The Kier molecular flexibility index (Phi) is 3.17. The van der Waals surface area contributed by atoms with Crippen molar-refractivity contribution in [1.82, 2.24) is 8.12 Å². The van der Waals surface area contributed by atoms with Crippen molar-refractivity contribution in [3.63, 3.8) is 0 Å². The summed E-state index contributed by atoms with van der Waals surface area (Å²) in [6.07, 6.45) is 0. The summed E-state index contributed by atoms with van der Waals surface area (Å²) in [5.41, 5.74) is 0. The molecule has 0 aromatic carbocycles. The molecule has 0 unspecified atom stereocenters. The Bertz CT molecular complexity index is 80.3. The fraction of sp³-hybridized carbons (Fsp3) is 1.00. The Balaban J connectivity index is 2.18. The number of rotatable bonds is 1. The van der Waals surface area contributed by atoms with E-state index in [-0.39, 0.29) is 0 Å². The summed E-state index contributed by atoms with van der Waals surface area (Å²) >= 11 is 0.318. The van der Waals surface area contributed by atoms with Crippen LogP contribution in [0.2, 0.25) is 0 Å². The average Bonchev–Trinajstić information content (AvgIpc) is 1.90. The Labute approximate surface area is 66.8 Å².